The van der Waals surface area contributed by atoms with Crippen LogP contribution < -0.4 is 9.64 Å². The van der Waals surface area contributed by atoms with Crippen molar-refractivity contribution in [1.29, 1.82) is 0 Å². The number of fused-ring (bicyclic) bond motifs is 1. The summed E-state index contributed by atoms with van der Waals surface area (Å²) in [5.41, 5.74) is 1.17. The predicted molar refractivity (Wildman–Crippen MR) is 136 cm³/mol. The fourth-order valence-corrected chi connectivity index (χ4v) is 4.15. The van der Waals surface area contributed by atoms with E-state index >= 15 is 0 Å². The number of rotatable bonds is 9. The Hall–Kier alpha value is -3.65. The van der Waals surface area contributed by atoms with Crippen molar-refractivity contribution < 1.29 is 22.7 Å². The molecule has 0 bridgehead atoms. The second-order valence-corrected chi connectivity index (χ2v) is 8.39. The first-order chi connectivity index (χ1) is 17.3. The van der Waals surface area contributed by atoms with E-state index in [1.807, 2.05) is 12.1 Å². The van der Waals surface area contributed by atoms with Crippen molar-refractivity contribution in [1.82, 2.24) is 4.90 Å². The second-order valence-electron chi connectivity index (χ2n) is 8.39. The maximum absolute atomic E-state index is 13.4. The average molecular weight is 496 g/mol. The van der Waals surface area contributed by atoms with Gasteiger partial charge in [0.25, 0.3) is 5.91 Å². The van der Waals surface area contributed by atoms with Crippen LogP contribution in [0.3, 0.4) is 0 Å². The molecule has 0 atom stereocenters. The summed E-state index contributed by atoms with van der Waals surface area (Å²) in [6.45, 7) is 7.85. The molecule has 0 aromatic heterocycles. The van der Waals surface area contributed by atoms with E-state index in [1.165, 1.54) is 17.0 Å². The third kappa shape index (κ3) is 5.60. The minimum atomic E-state index is -4.49. The monoisotopic (exact) mass is 495 g/mol. The molecule has 1 heterocycles. The average Bonchev–Trinajstić information content (AvgIpc) is 3.15. The standard InChI is InChI=1S/C28H28F3N3O2/c1-3-33(4-2)17-8-18-36-23-15-13-22(14-16-23)34-25-12-6-5-11-24(25)26(27(34)35)32-21-10-7-9-20(19-21)28(29,30)31/h5-7,9-16,19H,3-4,8,17-18H2,1-2H3. The zero-order valence-electron chi connectivity index (χ0n) is 20.3. The number of para-hydroxylation sites is 1. The third-order valence-corrected chi connectivity index (χ3v) is 6.10. The van der Waals surface area contributed by atoms with E-state index in [2.05, 4.69) is 23.7 Å². The molecule has 3 aromatic carbocycles. The molecule has 0 N–H and O–H groups in total. The van der Waals surface area contributed by atoms with Crippen LogP contribution in [0, 0.1) is 0 Å². The Labute approximate surface area is 208 Å². The van der Waals surface area contributed by atoms with Gasteiger partial charge in [-0.15, -0.1) is 0 Å². The number of anilines is 2. The van der Waals surface area contributed by atoms with Gasteiger partial charge in [-0.1, -0.05) is 38.1 Å². The van der Waals surface area contributed by atoms with Crippen LogP contribution in [0.2, 0.25) is 0 Å². The minimum Gasteiger partial charge on any atom is -0.494 e. The molecular weight excluding hydrogens is 467 g/mol. The van der Waals surface area contributed by atoms with E-state index in [0.717, 1.165) is 38.2 Å². The number of alkyl halides is 3. The molecule has 4 rings (SSSR count). The van der Waals surface area contributed by atoms with Gasteiger partial charge >= 0.3 is 6.18 Å². The summed E-state index contributed by atoms with van der Waals surface area (Å²) < 4.78 is 45.3. The van der Waals surface area contributed by atoms with Crippen molar-refractivity contribution >= 4 is 28.7 Å². The number of benzene rings is 3. The molecule has 1 aliphatic rings. The molecule has 1 amide bonds. The fraction of sp³-hybridized carbons (Fsp3) is 0.286. The molecule has 0 fully saturated rings. The largest absolute Gasteiger partial charge is 0.494 e. The number of hydrogen-bond acceptors (Lipinski definition) is 4. The number of aliphatic imine (C=N–C) groups is 1. The number of amides is 1. The first-order valence-corrected chi connectivity index (χ1v) is 12.0. The molecule has 0 unspecified atom stereocenters. The molecule has 0 radical (unpaired) electrons. The highest BCUT2D eigenvalue weighted by Crippen LogP contribution is 2.38. The van der Waals surface area contributed by atoms with Gasteiger partial charge in [-0.25, -0.2) is 4.99 Å². The first kappa shape index (κ1) is 25.4. The van der Waals surface area contributed by atoms with Crippen LogP contribution in [0.4, 0.5) is 30.2 Å². The highest BCUT2D eigenvalue weighted by atomic mass is 19.4. The molecule has 0 saturated carbocycles. The molecule has 188 valence electrons. The van der Waals surface area contributed by atoms with Gasteiger partial charge in [-0.05, 0) is 68.0 Å². The van der Waals surface area contributed by atoms with Crippen molar-refractivity contribution in [2.45, 2.75) is 26.4 Å². The number of halogens is 3. The quantitative estimate of drug-likeness (QED) is 0.314. The highest BCUT2D eigenvalue weighted by Gasteiger charge is 2.35. The molecular formula is C28H28F3N3O2. The van der Waals surface area contributed by atoms with Crippen LogP contribution in [0.5, 0.6) is 5.75 Å². The van der Waals surface area contributed by atoms with E-state index in [4.69, 9.17) is 4.74 Å². The smallest absolute Gasteiger partial charge is 0.416 e. The summed E-state index contributed by atoms with van der Waals surface area (Å²) in [7, 11) is 0. The Balaban J connectivity index is 1.54. The van der Waals surface area contributed by atoms with Crippen molar-refractivity contribution in [3.05, 3.63) is 83.9 Å². The van der Waals surface area contributed by atoms with Gasteiger partial charge in [-0.2, -0.15) is 13.2 Å². The molecule has 0 aliphatic carbocycles. The van der Waals surface area contributed by atoms with Crippen molar-refractivity contribution in [2.24, 2.45) is 4.99 Å². The van der Waals surface area contributed by atoms with Gasteiger partial charge in [0.15, 0.2) is 0 Å². The molecule has 0 spiro atoms. The zero-order valence-corrected chi connectivity index (χ0v) is 20.3. The summed E-state index contributed by atoms with van der Waals surface area (Å²) >= 11 is 0. The molecule has 5 nitrogen and oxygen atoms in total. The van der Waals surface area contributed by atoms with Crippen LogP contribution in [-0.4, -0.2) is 42.8 Å². The molecule has 0 saturated heterocycles. The van der Waals surface area contributed by atoms with Gasteiger partial charge in [0.05, 0.1) is 23.5 Å². The number of hydrogen-bond donors (Lipinski definition) is 0. The van der Waals surface area contributed by atoms with Gasteiger partial charge in [0.2, 0.25) is 0 Å². The van der Waals surface area contributed by atoms with Crippen molar-refractivity contribution in [2.75, 3.05) is 31.1 Å². The topological polar surface area (TPSA) is 45.1 Å². The normalized spacial score (nSPS) is 14.6. The summed E-state index contributed by atoms with van der Waals surface area (Å²) in [5.74, 6) is 0.303. The van der Waals surface area contributed by atoms with Crippen LogP contribution in [0.25, 0.3) is 0 Å². The van der Waals surface area contributed by atoms with Crippen LogP contribution >= 0.6 is 0 Å². The van der Waals surface area contributed by atoms with Crippen molar-refractivity contribution in [3.8, 4) is 5.75 Å². The Bertz CT molecular complexity index is 1240. The molecule has 3 aromatic rings. The van der Waals surface area contributed by atoms with Crippen LogP contribution in [0.1, 0.15) is 31.4 Å². The Morgan fingerprint density at radius 2 is 1.67 bits per heavy atom. The van der Waals surface area contributed by atoms with E-state index in [9.17, 15) is 18.0 Å². The Kier molecular flexibility index (Phi) is 7.74. The molecule has 36 heavy (non-hydrogen) atoms. The maximum atomic E-state index is 13.4. The third-order valence-electron chi connectivity index (χ3n) is 6.10. The Morgan fingerprint density at radius 1 is 0.944 bits per heavy atom. The predicted octanol–water partition coefficient (Wildman–Crippen LogP) is 6.62. The molecule has 1 aliphatic heterocycles. The minimum absolute atomic E-state index is 0.0679. The van der Waals surface area contributed by atoms with Gasteiger partial charge in [0, 0.05) is 17.8 Å². The molecule has 8 heteroatoms. The Morgan fingerprint density at radius 3 is 2.36 bits per heavy atom. The van der Waals surface area contributed by atoms with Gasteiger partial charge in [-0.3, -0.25) is 9.69 Å². The zero-order chi connectivity index (χ0) is 25.7. The van der Waals surface area contributed by atoms with E-state index in [-0.39, 0.29) is 11.4 Å². The maximum Gasteiger partial charge on any atom is 0.416 e. The van der Waals surface area contributed by atoms with E-state index < -0.39 is 17.6 Å². The number of carbonyl (C=O) groups excluding carboxylic acids is 1. The fourth-order valence-electron chi connectivity index (χ4n) is 4.15. The van der Waals surface area contributed by atoms with E-state index in [1.54, 1.807) is 36.4 Å². The number of carbonyl (C=O) groups is 1. The lowest BCUT2D eigenvalue weighted by atomic mass is 10.1. The second kappa shape index (κ2) is 11.0. The lowest BCUT2D eigenvalue weighted by Crippen LogP contribution is -2.25. The number of ether oxygens (including phenoxy) is 1. The van der Waals surface area contributed by atoms with Crippen molar-refractivity contribution in [3.63, 3.8) is 0 Å². The highest BCUT2D eigenvalue weighted by molar-refractivity contribution is 6.56. The summed E-state index contributed by atoms with van der Waals surface area (Å²) in [4.78, 5) is 21.6. The summed E-state index contributed by atoms with van der Waals surface area (Å²) in [6.07, 6.45) is -3.58. The summed E-state index contributed by atoms with van der Waals surface area (Å²) in [6, 6.07) is 19.0. The lowest BCUT2D eigenvalue weighted by molar-refractivity contribution is -0.137. The van der Waals surface area contributed by atoms with Crippen LogP contribution in [0.15, 0.2) is 77.8 Å². The van der Waals surface area contributed by atoms with Gasteiger partial charge in [0.1, 0.15) is 11.5 Å². The van der Waals surface area contributed by atoms with Gasteiger partial charge < -0.3 is 9.64 Å². The number of nitrogens with zero attached hydrogens (tertiary/aromatic N) is 3. The van der Waals surface area contributed by atoms with Crippen LogP contribution in [-0.2, 0) is 11.0 Å². The van der Waals surface area contributed by atoms with E-state index in [0.29, 0.717) is 29.3 Å². The summed E-state index contributed by atoms with van der Waals surface area (Å²) in [5, 5.41) is 0. The lowest BCUT2D eigenvalue weighted by Gasteiger charge is -2.18. The SMILES string of the molecule is CCN(CC)CCCOc1ccc(N2C(=O)C(=Nc3cccc(C(F)(F)F)c3)c3ccccc32)cc1. The first-order valence-electron chi connectivity index (χ1n) is 12.0.